The number of aromatic nitrogens is 2. The first-order valence-electron chi connectivity index (χ1n) is 8.51. The fourth-order valence-electron chi connectivity index (χ4n) is 2.94. The minimum Gasteiger partial charge on any atom is -0.477 e. The number of sulfonamides is 1. The molecule has 0 unspecified atom stereocenters. The highest BCUT2D eigenvalue weighted by molar-refractivity contribution is 7.90. The van der Waals surface area contributed by atoms with E-state index in [1.807, 2.05) is 18.6 Å². The average molecular weight is 413 g/mol. The first-order chi connectivity index (χ1) is 12.7. The normalized spacial score (nSPS) is 13.8. The van der Waals surface area contributed by atoms with E-state index in [0.717, 1.165) is 17.5 Å². The van der Waals surface area contributed by atoms with Crippen molar-refractivity contribution >= 4 is 33.3 Å². The van der Waals surface area contributed by atoms with Crippen LogP contribution >= 0.6 is 11.6 Å². The molecule has 0 spiro atoms. The molecular weight excluding hydrogens is 392 g/mol. The summed E-state index contributed by atoms with van der Waals surface area (Å²) in [5.41, 5.74) is 2.10. The number of benzene rings is 1. The number of carbonyl (C=O) groups is 1. The van der Waals surface area contributed by atoms with Crippen molar-refractivity contribution in [3.63, 3.8) is 0 Å². The number of carbonyl (C=O) groups excluding carboxylic acids is 1. The molecule has 2 N–H and O–H groups in total. The molecule has 27 heavy (non-hydrogen) atoms. The number of urea groups is 1. The molecular formula is C17H21ClN4O4S. The largest absolute Gasteiger partial charge is 0.477 e. The lowest BCUT2D eigenvalue weighted by atomic mass is 9.98. The third-order valence-electron chi connectivity index (χ3n) is 4.22. The summed E-state index contributed by atoms with van der Waals surface area (Å²) in [6, 6.07) is 2.60. The highest BCUT2D eigenvalue weighted by Crippen LogP contribution is 2.31. The van der Waals surface area contributed by atoms with Gasteiger partial charge in [0.1, 0.15) is 0 Å². The van der Waals surface area contributed by atoms with Gasteiger partial charge in [0.05, 0.1) is 12.8 Å². The third kappa shape index (κ3) is 4.03. The molecule has 1 aliphatic heterocycles. The Labute approximate surface area is 162 Å². The van der Waals surface area contributed by atoms with Crippen LogP contribution in [0.25, 0.3) is 0 Å². The van der Waals surface area contributed by atoms with Crippen molar-refractivity contribution in [2.24, 2.45) is 0 Å². The van der Waals surface area contributed by atoms with Crippen LogP contribution in [0.1, 0.15) is 37.3 Å². The van der Waals surface area contributed by atoms with E-state index in [1.54, 1.807) is 19.1 Å². The minimum atomic E-state index is -4.13. The summed E-state index contributed by atoms with van der Waals surface area (Å²) in [5.74, 6) is 0.234. The first kappa shape index (κ1) is 19.5. The van der Waals surface area contributed by atoms with Crippen LogP contribution in [0.3, 0.4) is 0 Å². The molecule has 2 aromatic rings. The van der Waals surface area contributed by atoms with Gasteiger partial charge in [-0.15, -0.1) is 0 Å². The van der Waals surface area contributed by atoms with Gasteiger partial charge in [-0.1, -0.05) is 25.4 Å². The second-order valence-corrected chi connectivity index (χ2v) is 8.73. The molecule has 0 bridgehead atoms. The number of amides is 2. The van der Waals surface area contributed by atoms with Gasteiger partial charge < -0.3 is 10.1 Å². The zero-order chi connectivity index (χ0) is 19.8. The van der Waals surface area contributed by atoms with Crippen molar-refractivity contribution < 1.29 is 17.9 Å². The van der Waals surface area contributed by atoms with E-state index in [-0.39, 0.29) is 16.7 Å². The highest BCUT2D eigenvalue weighted by Gasteiger charge is 2.28. The van der Waals surface area contributed by atoms with Crippen molar-refractivity contribution in [3.8, 4) is 5.88 Å². The Morgan fingerprint density at radius 1 is 1.37 bits per heavy atom. The highest BCUT2D eigenvalue weighted by atomic mass is 35.5. The van der Waals surface area contributed by atoms with E-state index in [2.05, 4.69) is 10.4 Å². The standard InChI is InChI=1S/C17H21ClN4O4S/c1-10(2)13-8-12(18)7-11(3)15(13)20-17(23)21-27(24,25)14-9-19-22-5-4-6-26-16(14)22/h7-10H,4-6H2,1-3H3,(H2,20,21,23). The van der Waals surface area contributed by atoms with E-state index in [9.17, 15) is 13.2 Å². The molecule has 0 radical (unpaired) electrons. The zero-order valence-corrected chi connectivity index (χ0v) is 16.8. The van der Waals surface area contributed by atoms with Gasteiger partial charge in [0.25, 0.3) is 10.0 Å². The minimum absolute atomic E-state index is 0.0883. The van der Waals surface area contributed by atoms with Crippen molar-refractivity contribution in [1.29, 1.82) is 0 Å². The summed E-state index contributed by atoms with van der Waals surface area (Å²) in [6.07, 6.45) is 1.93. The van der Waals surface area contributed by atoms with E-state index in [1.165, 1.54) is 10.9 Å². The Morgan fingerprint density at radius 3 is 2.81 bits per heavy atom. The quantitative estimate of drug-likeness (QED) is 0.802. The summed E-state index contributed by atoms with van der Waals surface area (Å²) in [4.78, 5) is 12.2. The Balaban J connectivity index is 1.83. The number of halogens is 1. The molecule has 146 valence electrons. The van der Waals surface area contributed by atoms with Crippen molar-refractivity contribution in [1.82, 2.24) is 14.5 Å². The lowest BCUT2D eigenvalue weighted by molar-refractivity contribution is 0.224. The van der Waals surface area contributed by atoms with Crippen molar-refractivity contribution in [3.05, 3.63) is 34.5 Å². The number of hydrogen-bond acceptors (Lipinski definition) is 5. The van der Waals surface area contributed by atoms with Crippen LogP contribution in [0.4, 0.5) is 10.5 Å². The smallest absolute Gasteiger partial charge is 0.333 e. The van der Waals surface area contributed by atoms with Crippen LogP contribution in [0.15, 0.2) is 23.2 Å². The number of rotatable bonds is 4. The number of nitrogens with one attached hydrogen (secondary N) is 2. The van der Waals surface area contributed by atoms with Crippen LogP contribution < -0.4 is 14.8 Å². The second-order valence-electron chi connectivity index (χ2n) is 6.64. The predicted octanol–water partition coefficient (Wildman–Crippen LogP) is 3.26. The second kappa shape index (κ2) is 7.40. The summed E-state index contributed by atoms with van der Waals surface area (Å²) < 4.78 is 34.1. The van der Waals surface area contributed by atoms with Gasteiger partial charge in [-0.05, 0) is 36.1 Å². The van der Waals surface area contributed by atoms with Crippen molar-refractivity contribution in [2.75, 3.05) is 11.9 Å². The summed E-state index contributed by atoms with van der Waals surface area (Å²) >= 11 is 6.10. The van der Waals surface area contributed by atoms with E-state index in [4.69, 9.17) is 16.3 Å². The summed E-state index contributed by atoms with van der Waals surface area (Å²) in [7, 11) is -4.13. The molecule has 0 saturated carbocycles. The Morgan fingerprint density at radius 2 is 2.11 bits per heavy atom. The zero-order valence-electron chi connectivity index (χ0n) is 15.2. The Hall–Kier alpha value is -2.26. The molecule has 2 amide bonds. The number of fused-ring (bicyclic) bond motifs is 1. The van der Waals surface area contributed by atoms with E-state index in [0.29, 0.717) is 23.9 Å². The number of anilines is 1. The predicted molar refractivity (Wildman–Crippen MR) is 102 cm³/mol. The molecule has 10 heteroatoms. The van der Waals surface area contributed by atoms with Crippen LogP contribution in [0, 0.1) is 6.92 Å². The van der Waals surface area contributed by atoms with Crippen LogP contribution in [0.5, 0.6) is 5.88 Å². The average Bonchev–Trinajstić information content (AvgIpc) is 3.01. The number of nitrogens with zero attached hydrogens (tertiary/aromatic N) is 2. The first-order valence-corrected chi connectivity index (χ1v) is 10.4. The van der Waals surface area contributed by atoms with Gasteiger partial charge in [-0.3, -0.25) is 0 Å². The van der Waals surface area contributed by atoms with Crippen molar-refractivity contribution in [2.45, 2.75) is 44.6 Å². The van der Waals surface area contributed by atoms with E-state index >= 15 is 0 Å². The van der Waals surface area contributed by atoms with Gasteiger partial charge in [-0.2, -0.15) is 5.10 Å². The van der Waals surface area contributed by atoms with E-state index < -0.39 is 16.1 Å². The molecule has 3 rings (SSSR count). The van der Waals surface area contributed by atoms with Gasteiger partial charge in [0, 0.05) is 23.7 Å². The fourth-order valence-corrected chi connectivity index (χ4v) is 4.21. The number of hydrogen-bond donors (Lipinski definition) is 2. The van der Waals surface area contributed by atoms with Gasteiger partial charge in [0.15, 0.2) is 4.90 Å². The molecule has 0 saturated heterocycles. The molecule has 1 aliphatic rings. The molecule has 0 aliphatic carbocycles. The fraction of sp³-hybridized carbons (Fsp3) is 0.412. The Bertz CT molecular complexity index is 985. The lowest BCUT2D eigenvalue weighted by Gasteiger charge is -2.18. The van der Waals surface area contributed by atoms with Gasteiger partial charge in [0.2, 0.25) is 5.88 Å². The van der Waals surface area contributed by atoms with Crippen LogP contribution in [-0.4, -0.2) is 30.8 Å². The number of aryl methyl sites for hydroxylation is 2. The molecule has 1 aromatic carbocycles. The summed E-state index contributed by atoms with van der Waals surface area (Å²) in [6.45, 7) is 6.69. The maximum Gasteiger partial charge on any atom is 0.333 e. The topological polar surface area (TPSA) is 102 Å². The molecule has 0 atom stereocenters. The van der Waals surface area contributed by atoms with Gasteiger partial charge >= 0.3 is 6.03 Å². The van der Waals surface area contributed by atoms with Gasteiger partial charge in [-0.25, -0.2) is 22.6 Å². The van der Waals surface area contributed by atoms with Crippen LogP contribution in [0.2, 0.25) is 5.02 Å². The van der Waals surface area contributed by atoms with Crippen LogP contribution in [-0.2, 0) is 16.6 Å². The molecule has 8 nitrogen and oxygen atoms in total. The third-order valence-corrected chi connectivity index (χ3v) is 5.75. The Kier molecular flexibility index (Phi) is 5.34. The monoisotopic (exact) mass is 412 g/mol. The molecule has 2 heterocycles. The molecule has 1 aromatic heterocycles. The maximum absolute atomic E-state index is 12.6. The lowest BCUT2D eigenvalue weighted by Crippen LogP contribution is -2.35. The SMILES string of the molecule is Cc1cc(Cl)cc(C(C)C)c1NC(=O)NS(=O)(=O)c1cnn2c1OCCC2. The maximum atomic E-state index is 12.6. The summed E-state index contributed by atoms with van der Waals surface area (Å²) in [5, 5.41) is 7.19. The number of ether oxygens (including phenoxy) is 1. The molecule has 0 fully saturated rings.